The molecule has 1 atom stereocenters. The van der Waals surface area contributed by atoms with Crippen molar-refractivity contribution in [2.45, 2.75) is 11.3 Å². The van der Waals surface area contributed by atoms with Gasteiger partial charge in [0.15, 0.2) is 0 Å². The molecule has 7 N–H and O–H groups in total. The highest BCUT2D eigenvalue weighted by atomic mass is 33.1. The van der Waals surface area contributed by atoms with Gasteiger partial charge in [-0.05, 0) is 10.8 Å². The van der Waals surface area contributed by atoms with E-state index in [1.54, 1.807) is 0 Å². The van der Waals surface area contributed by atoms with Crippen molar-refractivity contribution >= 4 is 21.6 Å². The molecule has 0 amide bonds. The third kappa shape index (κ3) is 6.88. The van der Waals surface area contributed by atoms with Crippen LogP contribution in [0.3, 0.4) is 0 Å². The normalized spacial score (nSPS) is 15.0. The zero-order valence-electron chi connectivity index (χ0n) is 5.80. The summed E-state index contributed by atoms with van der Waals surface area (Å²) in [6.07, 6.45) is -0.943. The minimum Gasteiger partial charge on any atom is -0.378 e. The Morgan fingerprint density at radius 3 is 2.36 bits per heavy atom. The van der Waals surface area contributed by atoms with Crippen LogP contribution in [0, 0.1) is 0 Å². The van der Waals surface area contributed by atoms with E-state index in [1.165, 1.54) is 0 Å². The first kappa shape index (κ1) is 11.5. The molecule has 1 unspecified atom stereocenters. The molecule has 0 spiro atoms. The minimum atomic E-state index is -1.93. The van der Waals surface area contributed by atoms with Crippen molar-refractivity contribution in [1.82, 2.24) is 0 Å². The van der Waals surface area contributed by atoms with Crippen LogP contribution in [-0.2, 0) is 0 Å². The predicted molar refractivity (Wildman–Crippen MR) is 46.5 cm³/mol. The van der Waals surface area contributed by atoms with E-state index < -0.39 is 11.3 Å². The highest BCUT2D eigenvalue weighted by Crippen LogP contribution is 2.31. The van der Waals surface area contributed by atoms with Gasteiger partial charge in [0, 0.05) is 5.75 Å². The summed E-state index contributed by atoms with van der Waals surface area (Å²) in [5.41, 5.74) is 9.99. The van der Waals surface area contributed by atoms with Gasteiger partial charge in [0.1, 0.15) is 6.23 Å². The number of rotatable bonds is 5. The molecule has 0 aliphatic heterocycles. The zero-order chi connectivity index (χ0) is 8.91. The number of aliphatic hydroxyl groups is 3. The second-order valence-corrected chi connectivity index (χ2v) is 4.48. The lowest BCUT2D eigenvalue weighted by atomic mass is 10.7. The van der Waals surface area contributed by atoms with Crippen LogP contribution in [-0.4, -0.2) is 39.0 Å². The van der Waals surface area contributed by atoms with E-state index in [0.29, 0.717) is 0 Å². The van der Waals surface area contributed by atoms with Crippen LogP contribution in [0.2, 0.25) is 0 Å². The molecule has 0 aromatic heterocycles. The maximum atomic E-state index is 8.89. The van der Waals surface area contributed by atoms with Gasteiger partial charge in [0.2, 0.25) is 5.12 Å². The fourth-order valence-corrected chi connectivity index (χ4v) is 2.09. The van der Waals surface area contributed by atoms with E-state index in [1.807, 2.05) is 0 Å². The molecule has 0 aliphatic carbocycles. The Morgan fingerprint density at radius 2 is 2.00 bits per heavy atom. The lowest BCUT2D eigenvalue weighted by molar-refractivity contribution is -0.0654. The highest BCUT2D eigenvalue weighted by Gasteiger charge is 2.21. The minimum absolute atomic E-state index is 0.230. The SMILES string of the molecule is NCC(O)(O)SSCC(N)O. The van der Waals surface area contributed by atoms with Crippen molar-refractivity contribution in [2.24, 2.45) is 11.5 Å². The average molecular weight is 200 g/mol. The molecule has 0 aromatic carbocycles. The van der Waals surface area contributed by atoms with Gasteiger partial charge in [-0.2, -0.15) is 0 Å². The predicted octanol–water partition coefficient (Wildman–Crippen LogP) is -1.76. The Bertz CT molecular complexity index is 112. The Morgan fingerprint density at radius 1 is 1.45 bits per heavy atom. The molecule has 0 fully saturated rings. The highest BCUT2D eigenvalue weighted by molar-refractivity contribution is 8.77. The summed E-state index contributed by atoms with van der Waals surface area (Å²) in [6, 6.07) is 0. The summed E-state index contributed by atoms with van der Waals surface area (Å²) in [5.74, 6) is 0.230. The first-order valence-electron chi connectivity index (χ1n) is 2.87. The lowest BCUT2D eigenvalue weighted by Crippen LogP contribution is -2.33. The van der Waals surface area contributed by atoms with E-state index in [2.05, 4.69) is 0 Å². The molecule has 0 aliphatic rings. The van der Waals surface area contributed by atoms with Crippen LogP contribution < -0.4 is 11.5 Å². The largest absolute Gasteiger partial charge is 0.378 e. The summed E-state index contributed by atoms with van der Waals surface area (Å²) >= 11 is 0. The zero-order valence-corrected chi connectivity index (χ0v) is 7.44. The van der Waals surface area contributed by atoms with Gasteiger partial charge in [0.25, 0.3) is 0 Å². The second kappa shape index (κ2) is 5.20. The fourth-order valence-electron chi connectivity index (χ4n) is 0.232. The topological polar surface area (TPSA) is 113 Å². The monoisotopic (exact) mass is 200 g/mol. The number of aliphatic hydroxyl groups excluding tert-OH is 1. The second-order valence-electron chi connectivity index (χ2n) is 1.88. The van der Waals surface area contributed by atoms with E-state index in [9.17, 15) is 0 Å². The molecule has 0 heterocycles. The van der Waals surface area contributed by atoms with E-state index in [4.69, 9.17) is 26.8 Å². The molecule has 11 heavy (non-hydrogen) atoms. The summed E-state index contributed by atoms with van der Waals surface area (Å²) in [6.45, 7) is -0.259. The van der Waals surface area contributed by atoms with Crippen molar-refractivity contribution in [3.05, 3.63) is 0 Å². The summed E-state index contributed by atoms with van der Waals surface area (Å²) < 4.78 is 0. The average Bonchev–Trinajstić information content (AvgIpc) is 1.87. The summed E-state index contributed by atoms with van der Waals surface area (Å²) in [7, 11) is 1.82. The van der Waals surface area contributed by atoms with Gasteiger partial charge >= 0.3 is 0 Å². The molecule has 0 saturated heterocycles. The van der Waals surface area contributed by atoms with Crippen molar-refractivity contribution in [3.63, 3.8) is 0 Å². The van der Waals surface area contributed by atoms with Crippen molar-refractivity contribution < 1.29 is 15.3 Å². The Hall–Kier alpha value is 0.500. The third-order valence-electron chi connectivity index (χ3n) is 0.697. The number of nitrogens with two attached hydrogens (primary N) is 2. The number of hydrogen-bond donors (Lipinski definition) is 5. The van der Waals surface area contributed by atoms with Crippen LogP contribution in [0.1, 0.15) is 0 Å². The quantitative estimate of drug-likeness (QED) is 0.264. The van der Waals surface area contributed by atoms with Gasteiger partial charge in [-0.15, -0.1) is 0 Å². The van der Waals surface area contributed by atoms with Crippen LogP contribution >= 0.6 is 21.6 Å². The third-order valence-corrected chi connectivity index (χ3v) is 3.29. The Labute approximate surface area is 72.5 Å². The summed E-state index contributed by atoms with van der Waals surface area (Å²) in [4.78, 5) is 0. The number of hydrogen-bond acceptors (Lipinski definition) is 7. The molecule has 5 nitrogen and oxygen atoms in total. The Kier molecular flexibility index (Phi) is 5.44. The molecule has 7 heteroatoms. The Balaban J connectivity index is 3.38. The van der Waals surface area contributed by atoms with E-state index in [0.717, 1.165) is 21.6 Å². The molecule has 68 valence electrons. The first-order chi connectivity index (χ1) is 4.98. The lowest BCUT2D eigenvalue weighted by Gasteiger charge is -2.17. The molecular weight excluding hydrogens is 188 g/mol. The van der Waals surface area contributed by atoms with Gasteiger partial charge in [-0.1, -0.05) is 10.8 Å². The van der Waals surface area contributed by atoms with Gasteiger partial charge < -0.3 is 26.8 Å². The maximum Gasteiger partial charge on any atom is 0.235 e. The molecule has 0 rings (SSSR count). The van der Waals surface area contributed by atoms with Crippen LogP contribution in [0.25, 0.3) is 0 Å². The van der Waals surface area contributed by atoms with Gasteiger partial charge in [0.05, 0.1) is 6.54 Å². The molecule has 0 radical (unpaired) electrons. The van der Waals surface area contributed by atoms with Gasteiger partial charge in [-0.25, -0.2) is 0 Å². The fraction of sp³-hybridized carbons (Fsp3) is 1.00. The standard InChI is InChI=1S/C4H12N2O3S2/c5-2-4(8,9)11-10-1-3(6)7/h3,7-9H,1-2,5-6H2. The van der Waals surface area contributed by atoms with Crippen molar-refractivity contribution in [1.29, 1.82) is 0 Å². The first-order valence-corrected chi connectivity index (χ1v) is 5.19. The van der Waals surface area contributed by atoms with Gasteiger partial charge in [-0.3, -0.25) is 0 Å². The molecule has 0 bridgehead atoms. The molecule has 0 aromatic rings. The molecule has 0 saturated carbocycles. The van der Waals surface area contributed by atoms with Crippen LogP contribution in [0.15, 0.2) is 0 Å². The van der Waals surface area contributed by atoms with Crippen molar-refractivity contribution in [2.75, 3.05) is 12.3 Å². The van der Waals surface area contributed by atoms with Crippen LogP contribution in [0.5, 0.6) is 0 Å². The van der Waals surface area contributed by atoms with E-state index in [-0.39, 0.29) is 12.3 Å². The maximum absolute atomic E-state index is 8.89. The smallest absolute Gasteiger partial charge is 0.235 e. The summed E-state index contributed by atoms with van der Waals surface area (Å²) in [5, 5.41) is 24.4. The van der Waals surface area contributed by atoms with Crippen molar-refractivity contribution in [3.8, 4) is 0 Å². The molecular formula is C4H12N2O3S2. The van der Waals surface area contributed by atoms with E-state index >= 15 is 0 Å². The van der Waals surface area contributed by atoms with Crippen LogP contribution in [0.4, 0.5) is 0 Å².